The van der Waals surface area contributed by atoms with Crippen LogP contribution in [0.2, 0.25) is 0 Å². The van der Waals surface area contributed by atoms with Gasteiger partial charge in [0, 0.05) is 17.8 Å². The Bertz CT molecular complexity index is 1200. The van der Waals surface area contributed by atoms with E-state index in [1.54, 1.807) is 37.7 Å². The number of ether oxygens (including phenoxy) is 2. The number of methoxy groups -OCH3 is 2. The molecule has 8 nitrogen and oxygen atoms in total. The van der Waals surface area contributed by atoms with Gasteiger partial charge in [-0.15, -0.1) is 10.2 Å². The molecule has 190 valence electrons. The first-order valence-electron chi connectivity index (χ1n) is 12.6. The Hall–Kier alpha value is -3.49. The fraction of sp³-hybridized carbons (Fsp3) is 0.481. The van der Waals surface area contributed by atoms with Crippen molar-refractivity contribution in [2.75, 3.05) is 19.1 Å². The minimum atomic E-state index is -0.863. The number of halogens is 1. The molecule has 3 atom stereocenters. The first-order valence-corrected chi connectivity index (χ1v) is 12.6. The van der Waals surface area contributed by atoms with E-state index in [0.717, 1.165) is 43.2 Å². The Kier molecular flexibility index (Phi) is 6.89. The maximum Gasteiger partial charge on any atom is 0.256 e. The van der Waals surface area contributed by atoms with Crippen LogP contribution in [0.15, 0.2) is 36.7 Å². The summed E-state index contributed by atoms with van der Waals surface area (Å²) in [6.45, 7) is 2.18. The van der Waals surface area contributed by atoms with Crippen molar-refractivity contribution in [3.63, 3.8) is 0 Å². The Morgan fingerprint density at radius 1 is 1.00 bits per heavy atom. The Labute approximate surface area is 210 Å². The van der Waals surface area contributed by atoms with Gasteiger partial charge in [0.2, 0.25) is 0 Å². The molecule has 0 saturated heterocycles. The molecular formula is C27H32FN5O3. The molecule has 0 amide bonds. The molecule has 2 aliphatic rings. The van der Waals surface area contributed by atoms with Gasteiger partial charge in [-0.25, -0.2) is 14.4 Å². The van der Waals surface area contributed by atoms with Gasteiger partial charge in [0.25, 0.3) is 5.88 Å². The number of rotatable bonds is 8. The van der Waals surface area contributed by atoms with Gasteiger partial charge in [0.1, 0.15) is 11.9 Å². The summed E-state index contributed by atoms with van der Waals surface area (Å²) in [6, 6.07) is 7.15. The number of alkyl halides is 1. The van der Waals surface area contributed by atoms with E-state index in [0.29, 0.717) is 47.2 Å². The van der Waals surface area contributed by atoms with Gasteiger partial charge in [-0.05, 0) is 61.8 Å². The van der Waals surface area contributed by atoms with Crippen LogP contribution >= 0.6 is 0 Å². The summed E-state index contributed by atoms with van der Waals surface area (Å²) in [6.07, 6.45) is 7.98. The molecule has 0 unspecified atom stereocenters. The second kappa shape index (κ2) is 10.2. The quantitative estimate of drug-likeness (QED) is 0.457. The number of phenolic OH excluding ortho intramolecular Hbond substituents is 1. The SMILES string of the molecule is CC[C@@H]1CC[C@H](F)[C@H](N(c2cnc(-c3ccc(-c4cnc(OC)c(OC)c4)cc3O)nn2)C2CC2)C1. The Morgan fingerprint density at radius 3 is 2.47 bits per heavy atom. The summed E-state index contributed by atoms with van der Waals surface area (Å²) in [5.74, 6) is 2.38. The van der Waals surface area contributed by atoms with Gasteiger partial charge in [0.05, 0.1) is 32.0 Å². The second-order valence-electron chi connectivity index (χ2n) is 9.62. The number of pyridine rings is 1. The molecule has 36 heavy (non-hydrogen) atoms. The molecule has 2 fully saturated rings. The largest absolute Gasteiger partial charge is 0.507 e. The van der Waals surface area contributed by atoms with Crippen LogP contribution in [0.25, 0.3) is 22.5 Å². The average molecular weight is 494 g/mol. The fourth-order valence-corrected chi connectivity index (χ4v) is 5.13. The lowest BCUT2D eigenvalue weighted by atomic mass is 9.82. The van der Waals surface area contributed by atoms with Gasteiger partial charge >= 0.3 is 0 Å². The van der Waals surface area contributed by atoms with E-state index in [4.69, 9.17) is 9.47 Å². The minimum absolute atomic E-state index is 0.0257. The van der Waals surface area contributed by atoms with Crippen molar-refractivity contribution in [3.8, 4) is 39.9 Å². The zero-order valence-electron chi connectivity index (χ0n) is 20.9. The lowest BCUT2D eigenvalue weighted by Gasteiger charge is -2.40. The van der Waals surface area contributed by atoms with Crippen LogP contribution in [0.3, 0.4) is 0 Å². The molecule has 0 radical (unpaired) electrons. The smallest absolute Gasteiger partial charge is 0.256 e. The van der Waals surface area contributed by atoms with E-state index < -0.39 is 6.17 Å². The van der Waals surface area contributed by atoms with Gasteiger partial charge < -0.3 is 19.5 Å². The third-order valence-corrected chi connectivity index (χ3v) is 7.34. The molecule has 0 aliphatic heterocycles. The number of anilines is 1. The standard InChI is InChI=1S/C27H32FN5O3/c1-4-16-5-10-21(28)22(11-16)33(19-7-8-19)25-15-29-26(32-31-25)20-9-6-17(12-23(20)34)18-13-24(35-2)27(36-3)30-14-18/h6,9,12-16,19,21-22,34H,4-5,7-8,10-11H2,1-3H3/t16-,21+,22-/m1/s1. The zero-order chi connectivity index (χ0) is 25.2. The molecule has 0 bridgehead atoms. The summed E-state index contributed by atoms with van der Waals surface area (Å²) < 4.78 is 25.5. The monoisotopic (exact) mass is 493 g/mol. The number of benzene rings is 1. The molecule has 5 rings (SSSR count). The summed E-state index contributed by atoms with van der Waals surface area (Å²) in [7, 11) is 3.08. The van der Waals surface area contributed by atoms with Crippen LogP contribution in [0.5, 0.6) is 17.4 Å². The second-order valence-corrected chi connectivity index (χ2v) is 9.62. The summed E-state index contributed by atoms with van der Waals surface area (Å²) >= 11 is 0. The van der Waals surface area contributed by atoms with Crippen molar-refractivity contribution >= 4 is 5.82 Å². The first-order chi connectivity index (χ1) is 17.5. The van der Waals surface area contributed by atoms with Crippen LogP contribution in [0.4, 0.5) is 10.2 Å². The fourth-order valence-electron chi connectivity index (χ4n) is 5.13. The van der Waals surface area contributed by atoms with Crippen LogP contribution in [0, 0.1) is 5.92 Å². The lowest BCUT2D eigenvalue weighted by molar-refractivity contribution is 0.166. The summed E-state index contributed by atoms with van der Waals surface area (Å²) in [5, 5.41) is 19.5. The zero-order valence-corrected chi connectivity index (χ0v) is 20.9. The highest BCUT2D eigenvalue weighted by Crippen LogP contribution is 2.40. The van der Waals surface area contributed by atoms with Crippen LogP contribution in [-0.4, -0.2) is 57.7 Å². The van der Waals surface area contributed by atoms with Crippen molar-refractivity contribution in [1.82, 2.24) is 20.2 Å². The van der Waals surface area contributed by atoms with Gasteiger partial charge in [-0.2, -0.15) is 0 Å². The average Bonchev–Trinajstić information content (AvgIpc) is 3.75. The predicted molar refractivity (Wildman–Crippen MR) is 135 cm³/mol. The molecule has 3 aromatic rings. The predicted octanol–water partition coefficient (Wildman–Crippen LogP) is 5.21. The Morgan fingerprint density at radius 2 is 1.83 bits per heavy atom. The van der Waals surface area contributed by atoms with Crippen LogP contribution in [-0.2, 0) is 0 Å². The van der Waals surface area contributed by atoms with E-state index in [2.05, 4.69) is 32.0 Å². The third kappa shape index (κ3) is 4.79. The first kappa shape index (κ1) is 24.2. The van der Waals surface area contributed by atoms with Crippen LogP contribution < -0.4 is 14.4 Å². The topological polar surface area (TPSA) is 93.5 Å². The number of aromatic nitrogens is 4. The number of hydrogen-bond acceptors (Lipinski definition) is 8. The normalized spacial score (nSPS) is 21.7. The third-order valence-electron chi connectivity index (χ3n) is 7.34. The van der Waals surface area contributed by atoms with Crippen LogP contribution in [0.1, 0.15) is 45.4 Å². The van der Waals surface area contributed by atoms with E-state index in [9.17, 15) is 9.50 Å². The number of hydrogen-bond donors (Lipinski definition) is 1. The summed E-state index contributed by atoms with van der Waals surface area (Å²) in [4.78, 5) is 10.9. The molecule has 2 saturated carbocycles. The van der Waals surface area contributed by atoms with Crippen molar-refractivity contribution in [1.29, 1.82) is 0 Å². The Balaban J connectivity index is 1.39. The number of nitrogens with zero attached hydrogens (tertiary/aromatic N) is 5. The molecule has 2 heterocycles. The molecule has 1 aromatic carbocycles. The molecule has 2 aromatic heterocycles. The maximum atomic E-state index is 15.0. The van der Waals surface area contributed by atoms with E-state index >= 15 is 0 Å². The van der Waals surface area contributed by atoms with Gasteiger partial charge in [0.15, 0.2) is 17.4 Å². The van der Waals surface area contributed by atoms with Crippen molar-refractivity contribution in [2.24, 2.45) is 5.92 Å². The van der Waals surface area contributed by atoms with Gasteiger partial charge in [-0.3, -0.25) is 0 Å². The van der Waals surface area contributed by atoms with E-state index in [1.165, 1.54) is 7.11 Å². The van der Waals surface area contributed by atoms with Crippen molar-refractivity contribution < 1.29 is 19.0 Å². The van der Waals surface area contributed by atoms with Gasteiger partial charge in [-0.1, -0.05) is 19.4 Å². The molecule has 0 spiro atoms. The summed E-state index contributed by atoms with van der Waals surface area (Å²) in [5.41, 5.74) is 1.99. The lowest BCUT2D eigenvalue weighted by Crippen LogP contribution is -2.47. The molecule has 9 heteroatoms. The van der Waals surface area contributed by atoms with E-state index in [1.807, 2.05) is 6.07 Å². The molecule has 2 aliphatic carbocycles. The maximum absolute atomic E-state index is 15.0. The highest BCUT2D eigenvalue weighted by molar-refractivity contribution is 5.73. The highest BCUT2D eigenvalue weighted by Gasteiger charge is 2.41. The van der Waals surface area contributed by atoms with Crippen molar-refractivity contribution in [2.45, 2.75) is 63.7 Å². The molecular weight excluding hydrogens is 461 g/mol. The van der Waals surface area contributed by atoms with E-state index in [-0.39, 0.29) is 11.8 Å². The highest BCUT2D eigenvalue weighted by atomic mass is 19.1. The molecule has 1 N–H and O–H groups in total. The van der Waals surface area contributed by atoms with Crippen molar-refractivity contribution in [3.05, 3.63) is 36.7 Å². The number of aromatic hydroxyl groups is 1. The number of phenols is 1. The minimum Gasteiger partial charge on any atom is -0.507 e.